The summed E-state index contributed by atoms with van der Waals surface area (Å²) in [6.45, 7) is 3.74. The molecular formula is C30H33BrN2O5S. The summed E-state index contributed by atoms with van der Waals surface area (Å²) in [5.41, 5.74) is 1.05. The van der Waals surface area contributed by atoms with E-state index in [1.165, 1.54) is 0 Å². The molecule has 206 valence electrons. The van der Waals surface area contributed by atoms with Crippen molar-refractivity contribution in [1.82, 2.24) is 10.2 Å². The lowest BCUT2D eigenvalue weighted by atomic mass is 10.1. The molecule has 0 aliphatic carbocycles. The van der Waals surface area contributed by atoms with Crippen LogP contribution in [0.5, 0.6) is 23.0 Å². The number of nitrogens with one attached hydrogen (secondary N) is 1. The van der Waals surface area contributed by atoms with Crippen LogP contribution in [-0.2, 0) is 9.47 Å². The number of phenols is 1. The van der Waals surface area contributed by atoms with Crippen LogP contribution in [0, 0.1) is 0 Å². The Kier molecular flexibility index (Phi) is 9.39. The number of piperazine rings is 1. The van der Waals surface area contributed by atoms with E-state index in [4.69, 9.17) is 18.9 Å². The van der Waals surface area contributed by atoms with Gasteiger partial charge in [0.1, 0.15) is 17.2 Å². The van der Waals surface area contributed by atoms with E-state index in [9.17, 15) is 5.11 Å². The first kappa shape index (κ1) is 27.9. The molecule has 2 N–H and O–H groups in total. The Morgan fingerprint density at radius 1 is 0.923 bits per heavy atom. The van der Waals surface area contributed by atoms with Crippen LogP contribution in [0.25, 0.3) is 20.5 Å². The molecule has 0 radical (unpaired) electrons. The Morgan fingerprint density at radius 2 is 1.62 bits per heavy atom. The molecule has 1 saturated heterocycles. The number of halogens is 1. The summed E-state index contributed by atoms with van der Waals surface area (Å²) in [5.74, 6) is 2.51. The second-order valence-electron chi connectivity index (χ2n) is 9.36. The van der Waals surface area contributed by atoms with Crippen molar-refractivity contribution in [3.05, 3.63) is 71.2 Å². The fourth-order valence-electron chi connectivity index (χ4n) is 4.71. The average molecular weight is 614 g/mol. The van der Waals surface area contributed by atoms with Gasteiger partial charge in [0.25, 0.3) is 0 Å². The van der Waals surface area contributed by atoms with E-state index in [0.29, 0.717) is 5.75 Å². The summed E-state index contributed by atoms with van der Waals surface area (Å²) in [6.07, 6.45) is 1.19. The van der Waals surface area contributed by atoms with Gasteiger partial charge in [-0.15, -0.1) is 11.3 Å². The van der Waals surface area contributed by atoms with Gasteiger partial charge in [0.15, 0.2) is 18.3 Å². The Hall–Kier alpha value is -2.66. The first-order valence-corrected chi connectivity index (χ1v) is 14.6. The van der Waals surface area contributed by atoms with Crippen molar-refractivity contribution in [2.75, 3.05) is 40.4 Å². The number of hydrogen-bond donors (Lipinski definition) is 2. The van der Waals surface area contributed by atoms with Crippen molar-refractivity contribution < 1.29 is 24.1 Å². The van der Waals surface area contributed by atoms with Crippen LogP contribution in [0.2, 0.25) is 0 Å². The molecule has 0 saturated carbocycles. The van der Waals surface area contributed by atoms with E-state index in [-0.39, 0.29) is 18.3 Å². The van der Waals surface area contributed by atoms with Crippen molar-refractivity contribution in [3.8, 4) is 33.4 Å². The third-order valence-electron chi connectivity index (χ3n) is 6.78. The molecule has 1 unspecified atom stereocenters. The first-order chi connectivity index (χ1) is 19.0. The summed E-state index contributed by atoms with van der Waals surface area (Å²) in [5, 5.41) is 14.4. The molecule has 0 amide bonds. The zero-order valence-corrected chi connectivity index (χ0v) is 24.5. The number of methoxy groups -OCH3 is 2. The summed E-state index contributed by atoms with van der Waals surface area (Å²) in [7, 11) is 3.32. The summed E-state index contributed by atoms with van der Waals surface area (Å²) < 4.78 is 25.7. The van der Waals surface area contributed by atoms with Gasteiger partial charge >= 0.3 is 0 Å². The second kappa shape index (κ2) is 13.1. The number of benzene rings is 3. The van der Waals surface area contributed by atoms with E-state index in [1.54, 1.807) is 37.7 Å². The highest BCUT2D eigenvalue weighted by atomic mass is 79.9. The van der Waals surface area contributed by atoms with Gasteiger partial charge in [-0.1, -0.05) is 28.1 Å². The van der Waals surface area contributed by atoms with Crippen LogP contribution in [0.4, 0.5) is 0 Å². The monoisotopic (exact) mass is 612 g/mol. The molecular weight excluding hydrogens is 580 g/mol. The molecule has 1 aliphatic rings. The fourth-order valence-corrected chi connectivity index (χ4v) is 6.15. The minimum Gasteiger partial charge on any atom is -0.508 e. The third-order valence-corrected chi connectivity index (χ3v) is 8.50. The minimum absolute atomic E-state index is 0.0795. The summed E-state index contributed by atoms with van der Waals surface area (Å²) in [4.78, 5) is 3.37. The zero-order chi connectivity index (χ0) is 27.2. The van der Waals surface area contributed by atoms with Crippen LogP contribution < -0.4 is 14.8 Å². The lowest BCUT2D eigenvalue weighted by Gasteiger charge is -2.35. The van der Waals surface area contributed by atoms with Gasteiger partial charge in [-0.25, -0.2) is 0 Å². The van der Waals surface area contributed by atoms with Gasteiger partial charge in [0, 0.05) is 67.8 Å². The van der Waals surface area contributed by atoms with Crippen LogP contribution in [0.3, 0.4) is 0 Å². The normalized spacial score (nSPS) is 15.1. The highest BCUT2D eigenvalue weighted by molar-refractivity contribution is 9.10. The number of thiophene rings is 1. The molecule has 4 aromatic rings. The first-order valence-electron chi connectivity index (χ1n) is 13.0. The molecule has 1 aromatic heterocycles. The van der Waals surface area contributed by atoms with Crippen molar-refractivity contribution in [2.45, 2.75) is 25.4 Å². The van der Waals surface area contributed by atoms with Crippen molar-refractivity contribution in [3.63, 3.8) is 0 Å². The Bertz CT molecular complexity index is 1350. The molecule has 2 heterocycles. The SMILES string of the molecule is COC(CCC(Oc1ccc(Oc2c(-c3ccc(Br)cc3)sc3cc(O)ccc23)cc1)N1CCNCC1)OC. The topological polar surface area (TPSA) is 72.4 Å². The maximum atomic E-state index is 10.0. The standard InChI is InChI=1S/C30H33BrN2O5S/c1-35-28(36-2)14-13-27(33-17-15-32-16-18-33)37-23-8-10-24(11-9-23)38-29-25-12-7-22(34)19-26(25)39-30(29)20-3-5-21(31)6-4-20/h3-12,19,27-28,32,34H,13-18H2,1-2H3. The highest BCUT2D eigenvalue weighted by Crippen LogP contribution is 2.47. The Balaban J connectivity index is 1.36. The van der Waals surface area contributed by atoms with Crippen LogP contribution >= 0.6 is 27.3 Å². The molecule has 1 aliphatic heterocycles. The van der Waals surface area contributed by atoms with E-state index < -0.39 is 0 Å². The molecule has 39 heavy (non-hydrogen) atoms. The number of phenolic OH excluding ortho intramolecular Hbond substituents is 1. The summed E-state index contributed by atoms with van der Waals surface area (Å²) >= 11 is 5.12. The number of ether oxygens (including phenoxy) is 4. The fraction of sp³-hybridized carbons (Fsp3) is 0.333. The number of nitrogens with zero attached hydrogens (tertiary/aromatic N) is 1. The molecule has 0 bridgehead atoms. The van der Waals surface area contributed by atoms with Crippen molar-refractivity contribution >= 4 is 37.4 Å². The molecule has 7 nitrogen and oxygen atoms in total. The Morgan fingerprint density at radius 3 is 2.31 bits per heavy atom. The molecule has 1 fully saturated rings. The summed E-state index contributed by atoms with van der Waals surface area (Å²) in [6, 6.07) is 21.3. The molecule has 9 heteroatoms. The van der Waals surface area contributed by atoms with Crippen LogP contribution in [0.1, 0.15) is 12.8 Å². The van der Waals surface area contributed by atoms with E-state index in [0.717, 1.165) is 75.5 Å². The van der Waals surface area contributed by atoms with E-state index in [2.05, 4.69) is 38.3 Å². The van der Waals surface area contributed by atoms with Gasteiger partial charge in [-0.2, -0.15) is 0 Å². The van der Waals surface area contributed by atoms with Crippen molar-refractivity contribution in [2.24, 2.45) is 0 Å². The number of hydrogen-bond acceptors (Lipinski definition) is 8. The van der Waals surface area contributed by atoms with E-state index in [1.807, 2.05) is 42.5 Å². The Labute approximate surface area is 241 Å². The number of fused-ring (bicyclic) bond motifs is 1. The lowest BCUT2D eigenvalue weighted by molar-refractivity contribution is -0.116. The van der Waals surface area contributed by atoms with Gasteiger partial charge in [0.05, 0.1) is 4.88 Å². The lowest BCUT2D eigenvalue weighted by Crippen LogP contribution is -2.50. The predicted octanol–water partition coefficient (Wildman–Crippen LogP) is 6.84. The van der Waals surface area contributed by atoms with E-state index >= 15 is 0 Å². The van der Waals surface area contributed by atoms with Gasteiger partial charge < -0.3 is 29.4 Å². The van der Waals surface area contributed by atoms with Gasteiger partial charge in [-0.05, 0) is 60.2 Å². The van der Waals surface area contributed by atoms with Gasteiger partial charge in [0.2, 0.25) is 0 Å². The molecule has 5 rings (SSSR count). The van der Waals surface area contributed by atoms with Crippen molar-refractivity contribution in [1.29, 1.82) is 0 Å². The second-order valence-corrected chi connectivity index (χ2v) is 11.3. The zero-order valence-electron chi connectivity index (χ0n) is 22.1. The minimum atomic E-state index is -0.253. The van der Waals surface area contributed by atoms with Gasteiger partial charge in [-0.3, -0.25) is 4.90 Å². The molecule has 1 atom stereocenters. The quantitative estimate of drug-likeness (QED) is 0.180. The highest BCUT2D eigenvalue weighted by Gasteiger charge is 2.24. The smallest absolute Gasteiger partial charge is 0.157 e. The molecule has 0 spiro atoms. The van der Waals surface area contributed by atoms with Crippen LogP contribution in [-0.4, -0.2) is 62.9 Å². The maximum absolute atomic E-state index is 10.0. The predicted molar refractivity (Wildman–Crippen MR) is 159 cm³/mol. The number of rotatable bonds is 11. The maximum Gasteiger partial charge on any atom is 0.157 e. The van der Waals surface area contributed by atoms with Crippen LogP contribution in [0.15, 0.2) is 71.2 Å². The third kappa shape index (κ3) is 6.92. The largest absolute Gasteiger partial charge is 0.508 e. The molecule has 3 aromatic carbocycles. The number of aromatic hydroxyl groups is 1. The average Bonchev–Trinajstić information content (AvgIpc) is 3.31.